The Kier molecular flexibility index (Phi) is 4.70. The van der Waals surface area contributed by atoms with Crippen LogP contribution in [0.2, 0.25) is 0 Å². The third-order valence-corrected chi connectivity index (χ3v) is 4.28. The predicted molar refractivity (Wildman–Crippen MR) is 81.0 cm³/mol. The van der Waals surface area contributed by atoms with Gasteiger partial charge >= 0.3 is 12.4 Å². The van der Waals surface area contributed by atoms with E-state index in [2.05, 4.69) is 4.98 Å². The highest BCUT2D eigenvalue weighted by atomic mass is 19.4. The molecule has 0 radical (unpaired) electrons. The number of hydrogen-bond acceptors (Lipinski definition) is 2. The van der Waals surface area contributed by atoms with Crippen LogP contribution in [0.4, 0.5) is 26.3 Å². The molecule has 0 saturated heterocycles. The van der Waals surface area contributed by atoms with Crippen LogP contribution >= 0.6 is 0 Å². The van der Waals surface area contributed by atoms with Crippen LogP contribution in [0, 0.1) is 0 Å². The lowest BCUT2D eigenvalue weighted by molar-refractivity contribution is -0.689. The van der Waals surface area contributed by atoms with Crippen LogP contribution < -0.4 is 5.32 Å². The number of aliphatic hydroxyl groups excluding tert-OH is 1. The minimum absolute atomic E-state index is 0.146. The third kappa shape index (κ3) is 3.54. The van der Waals surface area contributed by atoms with Crippen molar-refractivity contribution >= 4 is 10.9 Å². The monoisotopic (exact) mass is 377 g/mol. The molecule has 0 aliphatic carbocycles. The van der Waals surface area contributed by atoms with Gasteiger partial charge in [-0.3, -0.25) is 0 Å². The summed E-state index contributed by atoms with van der Waals surface area (Å²) in [5, 5.41) is 12.2. The van der Waals surface area contributed by atoms with E-state index in [9.17, 15) is 31.4 Å². The van der Waals surface area contributed by atoms with Crippen LogP contribution in [0.1, 0.15) is 29.3 Å². The van der Waals surface area contributed by atoms with Crippen molar-refractivity contribution in [3.05, 3.63) is 53.2 Å². The predicted octanol–water partition coefficient (Wildman–Crippen LogP) is 3.20. The summed E-state index contributed by atoms with van der Waals surface area (Å²) in [5.41, 5.74) is -3.77. The molecule has 1 aromatic heterocycles. The number of pyridine rings is 1. The van der Waals surface area contributed by atoms with Crippen LogP contribution in [-0.4, -0.2) is 22.7 Å². The zero-order valence-electron chi connectivity index (χ0n) is 13.3. The molecule has 0 fully saturated rings. The fourth-order valence-electron chi connectivity index (χ4n) is 3.05. The Morgan fingerprint density at radius 2 is 1.85 bits per heavy atom. The minimum atomic E-state index is -4.94. The lowest BCUT2D eigenvalue weighted by Gasteiger charge is -2.23. The SMILES string of the molecule is O[C@H](c1cc(C(F)(F)F)nc2c(C(F)(F)F)cccc12)[C@H]1C=CCC[NH2+]1. The number of hydrogen-bond donors (Lipinski definition) is 2. The van der Waals surface area contributed by atoms with Gasteiger partial charge in [0.1, 0.15) is 17.8 Å². The van der Waals surface area contributed by atoms with E-state index in [4.69, 9.17) is 0 Å². The van der Waals surface area contributed by atoms with Gasteiger partial charge in [0.2, 0.25) is 0 Å². The van der Waals surface area contributed by atoms with Gasteiger partial charge in [-0.2, -0.15) is 26.3 Å². The number of aliphatic hydroxyl groups is 1. The van der Waals surface area contributed by atoms with Crippen LogP contribution in [-0.2, 0) is 12.4 Å². The first kappa shape index (κ1) is 18.7. The first-order chi connectivity index (χ1) is 12.1. The smallest absolute Gasteiger partial charge is 0.382 e. The van der Waals surface area contributed by atoms with Gasteiger partial charge in [-0.1, -0.05) is 18.2 Å². The Balaban J connectivity index is 2.27. The largest absolute Gasteiger partial charge is 0.433 e. The summed E-state index contributed by atoms with van der Waals surface area (Å²) >= 11 is 0. The molecule has 0 saturated carbocycles. The molecule has 140 valence electrons. The molecule has 9 heteroatoms. The maximum Gasteiger partial charge on any atom is 0.433 e. The number of fused-ring (bicyclic) bond motifs is 1. The Morgan fingerprint density at radius 3 is 2.42 bits per heavy atom. The van der Waals surface area contributed by atoms with Crippen molar-refractivity contribution in [2.24, 2.45) is 0 Å². The summed E-state index contributed by atoms with van der Waals surface area (Å²) < 4.78 is 79.2. The Morgan fingerprint density at radius 1 is 1.12 bits per heavy atom. The van der Waals surface area contributed by atoms with Crippen LogP contribution in [0.15, 0.2) is 36.4 Å². The van der Waals surface area contributed by atoms with E-state index < -0.39 is 41.3 Å². The van der Waals surface area contributed by atoms with Gasteiger partial charge in [-0.15, -0.1) is 0 Å². The first-order valence-electron chi connectivity index (χ1n) is 7.85. The molecule has 3 rings (SSSR count). The number of halogens is 6. The molecule has 1 aliphatic rings. The van der Waals surface area contributed by atoms with E-state index in [0.717, 1.165) is 12.5 Å². The highest BCUT2D eigenvalue weighted by Crippen LogP contribution is 2.39. The molecule has 3 nitrogen and oxygen atoms in total. The molecule has 2 heterocycles. The number of aromatic nitrogens is 1. The van der Waals surface area contributed by atoms with E-state index in [0.29, 0.717) is 18.7 Å². The van der Waals surface area contributed by atoms with E-state index in [-0.39, 0.29) is 10.9 Å². The van der Waals surface area contributed by atoms with Crippen LogP contribution in [0.25, 0.3) is 10.9 Å². The van der Waals surface area contributed by atoms with Crippen molar-refractivity contribution in [1.82, 2.24) is 4.98 Å². The average Bonchev–Trinajstić information content (AvgIpc) is 2.58. The zero-order valence-corrected chi connectivity index (χ0v) is 13.3. The molecule has 2 aromatic rings. The fraction of sp³-hybridized carbons (Fsp3) is 0.353. The zero-order chi connectivity index (χ0) is 19.1. The van der Waals surface area contributed by atoms with Crippen molar-refractivity contribution in [2.75, 3.05) is 6.54 Å². The number of alkyl halides is 6. The molecule has 0 spiro atoms. The third-order valence-electron chi connectivity index (χ3n) is 4.28. The highest BCUT2D eigenvalue weighted by Gasteiger charge is 2.38. The second kappa shape index (κ2) is 6.55. The van der Waals surface area contributed by atoms with Crippen molar-refractivity contribution in [2.45, 2.75) is 30.9 Å². The van der Waals surface area contributed by atoms with Crippen molar-refractivity contribution in [1.29, 1.82) is 0 Å². The first-order valence-corrected chi connectivity index (χ1v) is 7.85. The van der Waals surface area contributed by atoms with Crippen molar-refractivity contribution in [3.8, 4) is 0 Å². The summed E-state index contributed by atoms with van der Waals surface area (Å²) in [6, 6.07) is 3.06. The summed E-state index contributed by atoms with van der Waals surface area (Å²) in [6.07, 6.45) is -7.04. The van der Waals surface area contributed by atoms with E-state index >= 15 is 0 Å². The van der Waals surface area contributed by atoms with Crippen molar-refractivity contribution < 1.29 is 36.8 Å². The second-order valence-corrected chi connectivity index (χ2v) is 6.06. The van der Waals surface area contributed by atoms with Gasteiger partial charge in [-0.05, 0) is 23.8 Å². The van der Waals surface area contributed by atoms with Gasteiger partial charge in [0.05, 0.1) is 17.6 Å². The number of quaternary nitrogens is 1. The van der Waals surface area contributed by atoms with Crippen molar-refractivity contribution in [3.63, 3.8) is 0 Å². The summed E-state index contributed by atoms with van der Waals surface area (Å²) in [4.78, 5) is 3.22. The molecule has 0 bridgehead atoms. The minimum Gasteiger partial charge on any atom is -0.382 e. The van der Waals surface area contributed by atoms with Gasteiger partial charge in [-0.25, -0.2) is 4.98 Å². The van der Waals surface area contributed by atoms with Gasteiger partial charge in [0, 0.05) is 11.8 Å². The maximum atomic E-state index is 13.2. The summed E-state index contributed by atoms with van der Waals surface area (Å²) in [5.74, 6) is 0. The normalized spacial score (nSPS) is 19.7. The lowest BCUT2D eigenvalue weighted by Crippen LogP contribution is -2.91. The number of nitrogens with zero attached hydrogens (tertiary/aromatic N) is 1. The lowest BCUT2D eigenvalue weighted by atomic mass is 9.94. The van der Waals surface area contributed by atoms with E-state index in [1.54, 1.807) is 17.5 Å². The number of benzene rings is 1. The van der Waals surface area contributed by atoms with E-state index in [1.807, 2.05) is 0 Å². The van der Waals surface area contributed by atoms with Gasteiger partial charge < -0.3 is 10.4 Å². The summed E-state index contributed by atoms with van der Waals surface area (Å²) in [6.45, 7) is 0.626. The molecule has 2 atom stereocenters. The fourth-order valence-corrected chi connectivity index (χ4v) is 3.05. The second-order valence-electron chi connectivity index (χ2n) is 6.06. The highest BCUT2D eigenvalue weighted by molar-refractivity contribution is 5.86. The molecular weight excluding hydrogens is 362 g/mol. The quantitative estimate of drug-likeness (QED) is 0.624. The van der Waals surface area contributed by atoms with Crippen LogP contribution in [0.3, 0.4) is 0 Å². The Labute approximate surface area is 144 Å². The summed E-state index contributed by atoms with van der Waals surface area (Å²) in [7, 11) is 0. The maximum absolute atomic E-state index is 13.2. The number of para-hydroxylation sites is 1. The molecular formula is C17H15F6N2O+. The molecule has 0 amide bonds. The standard InChI is InChI=1S/C17H14F6N2O/c18-16(19,20)11-5-3-4-9-10(15(26)12-6-1-2-7-24-12)8-13(17(21,22)23)25-14(9)11/h1,3-6,8,12,15,24,26H,2,7H2/p+1/t12-,15-/m1/s1. The van der Waals surface area contributed by atoms with Gasteiger partial charge in [0.25, 0.3) is 0 Å². The van der Waals surface area contributed by atoms with E-state index in [1.165, 1.54) is 6.07 Å². The molecule has 1 aromatic carbocycles. The number of rotatable bonds is 2. The molecule has 0 unspecified atom stereocenters. The molecule has 26 heavy (non-hydrogen) atoms. The molecule has 1 aliphatic heterocycles. The number of nitrogens with two attached hydrogens (primary N) is 1. The topological polar surface area (TPSA) is 49.7 Å². The molecule has 3 N–H and O–H groups in total. The van der Waals surface area contributed by atoms with Gasteiger partial charge in [0.15, 0.2) is 0 Å². The Bertz CT molecular complexity index is 843. The average molecular weight is 377 g/mol. The van der Waals surface area contributed by atoms with Crippen LogP contribution in [0.5, 0.6) is 0 Å². The Hall–Kier alpha value is -2.13.